The van der Waals surface area contributed by atoms with Crippen molar-refractivity contribution in [3.63, 3.8) is 0 Å². The Balaban J connectivity index is 4.13. The van der Waals surface area contributed by atoms with E-state index in [9.17, 15) is 0 Å². The highest BCUT2D eigenvalue weighted by atomic mass is 15.2. The molecule has 0 aliphatic carbocycles. The van der Waals surface area contributed by atoms with Crippen LogP contribution in [0.4, 0.5) is 0 Å². The molecule has 0 aliphatic rings. The maximum absolute atomic E-state index is 5.21. The van der Waals surface area contributed by atoms with Crippen LogP contribution in [0.1, 0.15) is 47.5 Å². The van der Waals surface area contributed by atoms with Crippen molar-refractivity contribution in [3.05, 3.63) is 0 Å². The molecule has 0 aliphatic heterocycles. The fraction of sp³-hybridized carbons (Fsp3) is 0.786. The van der Waals surface area contributed by atoms with Gasteiger partial charge in [0, 0.05) is 12.6 Å². The zero-order valence-corrected chi connectivity index (χ0v) is 11.9. The van der Waals surface area contributed by atoms with Crippen LogP contribution in [0.25, 0.3) is 0 Å². The molecule has 3 heteroatoms. The van der Waals surface area contributed by atoms with E-state index in [-0.39, 0.29) is 0 Å². The molecule has 0 saturated carbocycles. The Hall–Kier alpha value is -1.17. The summed E-state index contributed by atoms with van der Waals surface area (Å²) in [4.78, 5) is 4.27. The number of nitrogens with zero attached hydrogens (tertiary/aromatic N) is 1. The van der Waals surface area contributed by atoms with E-state index in [1.54, 1.807) is 0 Å². The van der Waals surface area contributed by atoms with Gasteiger partial charge in [0.1, 0.15) is 6.54 Å². The van der Waals surface area contributed by atoms with Crippen LogP contribution in [0.5, 0.6) is 0 Å². The van der Waals surface area contributed by atoms with Crippen LogP contribution in [0.2, 0.25) is 0 Å². The van der Waals surface area contributed by atoms with E-state index in [0.717, 1.165) is 18.9 Å². The van der Waals surface area contributed by atoms with Crippen LogP contribution >= 0.6 is 0 Å². The predicted molar refractivity (Wildman–Crippen MR) is 76.1 cm³/mol. The van der Waals surface area contributed by atoms with Crippen molar-refractivity contribution >= 4 is 5.96 Å². The first-order chi connectivity index (χ1) is 7.89. The molecule has 1 unspecified atom stereocenters. The van der Waals surface area contributed by atoms with Crippen molar-refractivity contribution in [3.8, 4) is 12.3 Å². The predicted octanol–water partition coefficient (Wildman–Crippen LogP) is 2.39. The van der Waals surface area contributed by atoms with Crippen molar-refractivity contribution in [2.75, 3.05) is 13.1 Å². The Labute approximate surface area is 106 Å². The van der Waals surface area contributed by atoms with E-state index in [2.05, 4.69) is 49.2 Å². The molecule has 17 heavy (non-hydrogen) atoms. The second-order valence-electron chi connectivity index (χ2n) is 5.54. The maximum atomic E-state index is 5.21. The van der Waals surface area contributed by atoms with Crippen molar-refractivity contribution < 1.29 is 0 Å². The van der Waals surface area contributed by atoms with Gasteiger partial charge in [-0.1, -0.05) is 26.7 Å². The first-order valence-corrected chi connectivity index (χ1v) is 6.37. The maximum Gasteiger partial charge on any atom is 0.192 e. The first kappa shape index (κ1) is 15.8. The highest BCUT2D eigenvalue weighted by Crippen LogP contribution is 2.21. The van der Waals surface area contributed by atoms with Crippen LogP contribution in [0.15, 0.2) is 4.99 Å². The molecule has 0 bridgehead atoms. The highest BCUT2D eigenvalue weighted by Gasteiger charge is 2.13. The molecule has 0 heterocycles. The Morgan fingerprint density at radius 1 is 1.41 bits per heavy atom. The monoisotopic (exact) mass is 237 g/mol. The molecule has 2 N–H and O–H groups in total. The van der Waals surface area contributed by atoms with Crippen molar-refractivity contribution in [2.45, 2.75) is 53.5 Å². The number of hydrogen-bond donors (Lipinski definition) is 2. The van der Waals surface area contributed by atoms with E-state index < -0.39 is 0 Å². The van der Waals surface area contributed by atoms with Crippen LogP contribution in [0, 0.1) is 17.8 Å². The molecule has 0 saturated heterocycles. The van der Waals surface area contributed by atoms with Gasteiger partial charge in [0.15, 0.2) is 5.96 Å². The molecule has 1 atom stereocenters. The quantitative estimate of drug-likeness (QED) is 0.437. The molecule has 0 rings (SSSR count). The molecule has 0 amide bonds. The minimum absolute atomic E-state index is 0.379. The van der Waals surface area contributed by atoms with E-state index in [1.165, 1.54) is 6.42 Å². The van der Waals surface area contributed by atoms with Gasteiger partial charge in [0.2, 0.25) is 0 Å². The van der Waals surface area contributed by atoms with Gasteiger partial charge in [0.05, 0.1) is 0 Å². The SMILES string of the molecule is C#CCN=C(NCC)NC(C)CCC(C)(C)C. The summed E-state index contributed by atoms with van der Waals surface area (Å²) in [6.45, 7) is 12.3. The lowest BCUT2D eigenvalue weighted by molar-refractivity contribution is 0.346. The number of hydrogen-bond acceptors (Lipinski definition) is 1. The third-order valence-electron chi connectivity index (χ3n) is 2.38. The summed E-state index contributed by atoms with van der Waals surface area (Å²) in [5, 5.41) is 6.56. The van der Waals surface area contributed by atoms with Gasteiger partial charge in [-0.25, -0.2) is 4.99 Å². The lowest BCUT2D eigenvalue weighted by atomic mass is 9.89. The number of nitrogens with one attached hydrogen (secondary N) is 2. The summed E-state index contributed by atoms with van der Waals surface area (Å²) in [6, 6.07) is 0.407. The number of aliphatic imine (C=N–C) groups is 1. The van der Waals surface area contributed by atoms with Crippen molar-refractivity contribution in [1.29, 1.82) is 0 Å². The summed E-state index contributed by atoms with van der Waals surface area (Å²) in [5.41, 5.74) is 0.379. The summed E-state index contributed by atoms with van der Waals surface area (Å²) in [7, 11) is 0. The van der Waals surface area contributed by atoms with Gasteiger partial charge in [0.25, 0.3) is 0 Å². The molecular formula is C14H27N3. The average molecular weight is 237 g/mol. The van der Waals surface area contributed by atoms with Crippen LogP contribution < -0.4 is 10.6 Å². The fourth-order valence-electron chi connectivity index (χ4n) is 1.40. The Bertz CT molecular complexity index is 268. The molecule has 0 radical (unpaired) electrons. The van der Waals surface area contributed by atoms with Crippen molar-refractivity contribution in [2.24, 2.45) is 10.4 Å². The fourth-order valence-corrected chi connectivity index (χ4v) is 1.40. The van der Waals surface area contributed by atoms with Gasteiger partial charge in [-0.15, -0.1) is 6.42 Å². The molecule has 0 spiro atoms. The average Bonchev–Trinajstić information content (AvgIpc) is 2.22. The second-order valence-corrected chi connectivity index (χ2v) is 5.54. The van der Waals surface area contributed by atoms with Gasteiger partial charge >= 0.3 is 0 Å². The Morgan fingerprint density at radius 3 is 2.53 bits per heavy atom. The molecule has 0 aromatic rings. The molecular weight excluding hydrogens is 210 g/mol. The van der Waals surface area contributed by atoms with Gasteiger partial charge < -0.3 is 10.6 Å². The third kappa shape index (κ3) is 9.74. The number of guanidine groups is 1. The summed E-state index contributed by atoms with van der Waals surface area (Å²) < 4.78 is 0. The summed E-state index contributed by atoms with van der Waals surface area (Å²) in [5.74, 6) is 3.33. The summed E-state index contributed by atoms with van der Waals surface area (Å²) >= 11 is 0. The van der Waals surface area contributed by atoms with Crippen molar-refractivity contribution in [1.82, 2.24) is 10.6 Å². The lowest BCUT2D eigenvalue weighted by Gasteiger charge is -2.22. The normalized spacial score (nSPS) is 14.0. The molecule has 0 aromatic carbocycles. The highest BCUT2D eigenvalue weighted by molar-refractivity contribution is 5.80. The molecule has 3 nitrogen and oxygen atoms in total. The minimum atomic E-state index is 0.379. The number of rotatable bonds is 5. The standard InChI is InChI=1S/C14H27N3/c1-7-11-16-13(15-8-2)17-12(3)9-10-14(4,5)6/h1,12H,8-11H2,2-6H3,(H2,15,16,17). The Kier molecular flexibility index (Phi) is 7.45. The zero-order valence-electron chi connectivity index (χ0n) is 11.9. The Morgan fingerprint density at radius 2 is 2.06 bits per heavy atom. The topological polar surface area (TPSA) is 36.4 Å². The van der Waals surface area contributed by atoms with Crippen LogP contribution in [-0.4, -0.2) is 25.1 Å². The molecule has 0 aromatic heterocycles. The van der Waals surface area contributed by atoms with Gasteiger partial charge in [-0.2, -0.15) is 0 Å². The minimum Gasteiger partial charge on any atom is -0.357 e. The van der Waals surface area contributed by atoms with Crippen LogP contribution in [0.3, 0.4) is 0 Å². The number of terminal acetylenes is 1. The first-order valence-electron chi connectivity index (χ1n) is 6.37. The molecule has 0 fully saturated rings. The second kappa shape index (κ2) is 8.00. The molecule has 98 valence electrons. The van der Waals surface area contributed by atoms with E-state index in [0.29, 0.717) is 18.0 Å². The summed E-state index contributed by atoms with van der Waals surface area (Å²) in [6.07, 6.45) is 7.53. The zero-order chi connectivity index (χ0) is 13.3. The largest absolute Gasteiger partial charge is 0.357 e. The van der Waals surface area contributed by atoms with E-state index in [1.807, 2.05) is 6.92 Å². The smallest absolute Gasteiger partial charge is 0.192 e. The van der Waals surface area contributed by atoms with Gasteiger partial charge in [-0.3, -0.25) is 0 Å². The van der Waals surface area contributed by atoms with Crippen LogP contribution in [-0.2, 0) is 0 Å². The van der Waals surface area contributed by atoms with E-state index in [4.69, 9.17) is 6.42 Å². The lowest BCUT2D eigenvalue weighted by Crippen LogP contribution is -2.42. The van der Waals surface area contributed by atoms with E-state index >= 15 is 0 Å². The third-order valence-corrected chi connectivity index (χ3v) is 2.38. The van der Waals surface area contributed by atoms with Gasteiger partial charge in [-0.05, 0) is 32.1 Å².